The van der Waals surface area contributed by atoms with Crippen molar-refractivity contribution in [1.82, 2.24) is 10.6 Å². The molecule has 1 amide bonds. The quantitative estimate of drug-likeness (QED) is 0.852. The molecule has 104 valence electrons. The first-order valence-corrected chi connectivity index (χ1v) is 7.32. The molecule has 1 aromatic carbocycles. The largest absolute Gasteiger partial charge is 0.354 e. The first kappa shape index (κ1) is 14.1. The van der Waals surface area contributed by atoms with Gasteiger partial charge < -0.3 is 10.6 Å². The van der Waals surface area contributed by atoms with Crippen molar-refractivity contribution in [2.45, 2.75) is 45.7 Å². The fourth-order valence-corrected chi connectivity index (χ4v) is 2.59. The highest BCUT2D eigenvalue weighted by molar-refractivity contribution is 5.82. The molecule has 0 radical (unpaired) electrons. The predicted molar refractivity (Wildman–Crippen MR) is 77.9 cm³/mol. The van der Waals surface area contributed by atoms with E-state index in [0.717, 1.165) is 32.4 Å². The summed E-state index contributed by atoms with van der Waals surface area (Å²) in [6, 6.07) is 8.26. The highest BCUT2D eigenvalue weighted by Gasteiger charge is 2.23. The van der Waals surface area contributed by atoms with E-state index >= 15 is 0 Å². The van der Waals surface area contributed by atoms with E-state index in [0.29, 0.717) is 5.92 Å². The van der Waals surface area contributed by atoms with Gasteiger partial charge >= 0.3 is 0 Å². The smallest absolute Gasteiger partial charge is 0.237 e. The fourth-order valence-electron chi connectivity index (χ4n) is 2.59. The van der Waals surface area contributed by atoms with E-state index in [9.17, 15) is 4.79 Å². The molecule has 3 nitrogen and oxygen atoms in total. The molecule has 2 rings (SSSR count). The van der Waals surface area contributed by atoms with Gasteiger partial charge in [-0.25, -0.2) is 0 Å². The van der Waals surface area contributed by atoms with Gasteiger partial charge in [0.25, 0.3) is 0 Å². The Morgan fingerprint density at radius 3 is 2.68 bits per heavy atom. The first-order valence-electron chi connectivity index (χ1n) is 7.32. The summed E-state index contributed by atoms with van der Waals surface area (Å²) in [5.74, 6) is 0.737. The molecule has 1 aliphatic rings. The second kappa shape index (κ2) is 6.71. The predicted octanol–water partition coefficient (Wildman–Crippen LogP) is 2.25. The fraction of sp³-hybridized carbons (Fsp3) is 0.562. The van der Waals surface area contributed by atoms with Crippen LogP contribution in [0.4, 0.5) is 0 Å². The molecule has 0 saturated carbocycles. The summed E-state index contributed by atoms with van der Waals surface area (Å²) in [4.78, 5) is 12.2. The normalized spacial score (nSPS) is 18.2. The highest BCUT2D eigenvalue weighted by Crippen LogP contribution is 2.16. The highest BCUT2D eigenvalue weighted by atomic mass is 16.2. The zero-order valence-corrected chi connectivity index (χ0v) is 11.9. The van der Waals surface area contributed by atoms with E-state index in [1.165, 1.54) is 11.1 Å². The molecule has 1 aromatic rings. The molecule has 19 heavy (non-hydrogen) atoms. The Bertz CT molecular complexity index is 427. The maximum atomic E-state index is 12.2. The van der Waals surface area contributed by atoms with Crippen LogP contribution in [0.1, 0.15) is 37.8 Å². The lowest BCUT2D eigenvalue weighted by atomic mass is 9.95. The van der Waals surface area contributed by atoms with Gasteiger partial charge in [0.05, 0.1) is 6.04 Å². The van der Waals surface area contributed by atoms with E-state index in [1.807, 2.05) is 12.1 Å². The number of carbonyl (C=O) groups excluding carboxylic acids is 1. The summed E-state index contributed by atoms with van der Waals surface area (Å²) in [5, 5.41) is 6.41. The van der Waals surface area contributed by atoms with Gasteiger partial charge in [0.2, 0.25) is 5.91 Å². The van der Waals surface area contributed by atoms with Crippen molar-refractivity contribution in [3.63, 3.8) is 0 Å². The molecule has 0 spiro atoms. The zero-order valence-electron chi connectivity index (χ0n) is 11.9. The van der Waals surface area contributed by atoms with Gasteiger partial charge in [-0.15, -0.1) is 0 Å². The van der Waals surface area contributed by atoms with Crippen LogP contribution in [0.25, 0.3) is 0 Å². The molecule has 0 fully saturated rings. The summed E-state index contributed by atoms with van der Waals surface area (Å²) >= 11 is 0. The standard InChI is InChI=1S/C16H24N2O/c1-3-12(4-2)10-18-16(19)15-9-13-7-5-6-8-14(13)11-17-15/h5-8,12,15,17H,3-4,9-11H2,1-2H3,(H,18,19)/t15-/m1/s1. The molecule has 1 atom stereocenters. The molecular weight excluding hydrogens is 236 g/mol. The van der Waals surface area contributed by atoms with Crippen molar-refractivity contribution in [2.75, 3.05) is 6.54 Å². The zero-order chi connectivity index (χ0) is 13.7. The van der Waals surface area contributed by atoms with Crippen molar-refractivity contribution in [1.29, 1.82) is 0 Å². The minimum Gasteiger partial charge on any atom is -0.354 e. The third kappa shape index (κ3) is 3.57. The number of nitrogens with one attached hydrogen (secondary N) is 2. The van der Waals surface area contributed by atoms with E-state index in [-0.39, 0.29) is 11.9 Å². The van der Waals surface area contributed by atoms with Crippen LogP contribution in [0.3, 0.4) is 0 Å². The third-order valence-corrected chi connectivity index (χ3v) is 4.12. The number of hydrogen-bond acceptors (Lipinski definition) is 2. The summed E-state index contributed by atoms with van der Waals surface area (Å²) in [6.07, 6.45) is 3.04. The summed E-state index contributed by atoms with van der Waals surface area (Å²) < 4.78 is 0. The number of benzene rings is 1. The number of carbonyl (C=O) groups is 1. The van der Waals surface area contributed by atoms with Crippen molar-refractivity contribution < 1.29 is 4.79 Å². The molecule has 0 aromatic heterocycles. The van der Waals surface area contributed by atoms with Crippen LogP contribution in [0, 0.1) is 5.92 Å². The molecule has 3 heteroatoms. The van der Waals surface area contributed by atoms with Gasteiger partial charge in [-0.05, 0) is 23.5 Å². The molecule has 0 unspecified atom stereocenters. The van der Waals surface area contributed by atoms with Crippen LogP contribution in [0.15, 0.2) is 24.3 Å². The lowest BCUT2D eigenvalue weighted by Crippen LogP contribution is -2.48. The second-order valence-electron chi connectivity index (χ2n) is 5.33. The van der Waals surface area contributed by atoms with Crippen LogP contribution < -0.4 is 10.6 Å². The molecule has 0 aliphatic carbocycles. The van der Waals surface area contributed by atoms with E-state index in [4.69, 9.17) is 0 Å². The maximum Gasteiger partial charge on any atom is 0.237 e. The van der Waals surface area contributed by atoms with Crippen molar-refractivity contribution in [3.8, 4) is 0 Å². The number of hydrogen-bond donors (Lipinski definition) is 2. The van der Waals surface area contributed by atoms with Crippen LogP contribution in [0.5, 0.6) is 0 Å². The molecule has 0 saturated heterocycles. The lowest BCUT2D eigenvalue weighted by Gasteiger charge is -2.26. The number of fused-ring (bicyclic) bond motifs is 1. The average Bonchev–Trinajstić information content (AvgIpc) is 2.47. The van der Waals surface area contributed by atoms with E-state index in [1.54, 1.807) is 0 Å². The van der Waals surface area contributed by atoms with Crippen molar-refractivity contribution in [3.05, 3.63) is 35.4 Å². The Hall–Kier alpha value is -1.35. The number of rotatable bonds is 5. The van der Waals surface area contributed by atoms with Gasteiger partial charge in [-0.3, -0.25) is 4.79 Å². The van der Waals surface area contributed by atoms with Gasteiger partial charge in [0.1, 0.15) is 0 Å². The summed E-state index contributed by atoms with van der Waals surface area (Å²) in [5.41, 5.74) is 2.61. The maximum absolute atomic E-state index is 12.2. The van der Waals surface area contributed by atoms with Crippen molar-refractivity contribution in [2.24, 2.45) is 5.92 Å². The minimum absolute atomic E-state index is 0.0794. The summed E-state index contributed by atoms with van der Waals surface area (Å²) in [7, 11) is 0. The third-order valence-electron chi connectivity index (χ3n) is 4.12. The Labute approximate surface area is 115 Å². The number of amides is 1. The van der Waals surface area contributed by atoms with Gasteiger partial charge in [0.15, 0.2) is 0 Å². The Kier molecular flexibility index (Phi) is 4.97. The Morgan fingerprint density at radius 1 is 1.32 bits per heavy atom. The summed E-state index contributed by atoms with van der Waals surface area (Å²) in [6.45, 7) is 5.94. The molecule has 1 heterocycles. The SMILES string of the molecule is CCC(CC)CNC(=O)[C@H]1Cc2ccccc2CN1. The first-order chi connectivity index (χ1) is 9.24. The molecule has 0 bridgehead atoms. The average molecular weight is 260 g/mol. The second-order valence-corrected chi connectivity index (χ2v) is 5.33. The van der Waals surface area contributed by atoms with Crippen LogP contribution in [0.2, 0.25) is 0 Å². The van der Waals surface area contributed by atoms with Crippen LogP contribution in [-0.2, 0) is 17.8 Å². The van der Waals surface area contributed by atoms with E-state index in [2.05, 4.69) is 36.6 Å². The molecule has 1 aliphatic heterocycles. The van der Waals surface area contributed by atoms with Crippen LogP contribution >= 0.6 is 0 Å². The monoisotopic (exact) mass is 260 g/mol. The molecular formula is C16H24N2O. The van der Waals surface area contributed by atoms with Gasteiger partial charge in [-0.1, -0.05) is 51.0 Å². The Morgan fingerprint density at radius 2 is 2.00 bits per heavy atom. The van der Waals surface area contributed by atoms with Gasteiger partial charge in [0, 0.05) is 13.1 Å². The van der Waals surface area contributed by atoms with Crippen LogP contribution in [-0.4, -0.2) is 18.5 Å². The van der Waals surface area contributed by atoms with Gasteiger partial charge in [-0.2, -0.15) is 0 Å². The van der Waals surface area contributed by atoms with E-state index < -0.39 is 0 Å². The topological polar surface area (TPSA) is 41.1 Å². The lowest BCUT2D eigenvalue weighted by molar-refractivity contribution is -0.123. The molecule has 2 N–H and O–H groups in total. The van der Waals surface area contributed by atoms with Crippen molar-refractivity contribution >= 4 is 5.91 Å². The Balaban J connectivity index is 1.88. The minimum atomic E-state index is -0.0794.